The molecule has 0 aliphatic rings. The van der Waals surface area contributed by atoms with Gasteiger partial charge >= 0.3 is 0 Å². The van der Waals surface area contributed by atoms with Crippen LogP contribution in [0, 0.1) is 13.8 Å². The van der Waals surface area contributed by atoms with E-state index in [9.17, 15) is 0 Å². The molecule has 1 aromatic carbocycles. The zero-order valence-electron chi connectivity index (χ0n) is 11.2. The van der Waals surface area contributed by atoms with Gasteiger partial charge in [-0.25, -0.2) is 0 Å². The van der Waals surface area contributed by atoms with E-state index in [0.717, 1.165) is 18.9 Å². The van der Waals surface area contributed by atoms with Gasteiger partial charge in [-0.15, -0.1) is 0 Å². The third-order valence-electron chi connectivity index (χ3n) is 2.48. The quantitative estimate of drug-likeness (QED) is 0.738. The summed E-state index contributed by atoms with van der Waals surface area (Å²) in [6.07, 6.45) is 0. The van der Waals surface area contributed by atoms with E-state index in [1.54, 1.807) is 7.11 Å². The molecule has 0 heterocycles. The second kappa shape index (κ2) is 7.30. The summed E-state index contributed by atoms with van der Waals surface area (Å²) < 4.78 is 10.7. The average molecular weight is 237 g/mol. The van der Waals surface area contributed by atoms with E-state index < -0.39 is 0 Å². The number of hydrogen-bond acceptors (Lipinski definition) is 3. The molecule has 0 bridgehead atoms. The second-order valence-electron chi connectivity index (χ2n) is 4.48. The van der Waals surface area contributed by atoms with Crippen LogP contribution in [0.25, 0.3) is 0 Å². The maximum atomic E-state index is 5.69. The van der Waals surface area contributed by atoms with Crippen molar-refractivity contribution < 1.29 is 9.47 Å². The van der Waals surface area contributed by atoms with Crippen molar-refractivity contribution in [2.45, 2.75) is 26.8 Å². The molecule has 17 heavy (non-hydrogen) atoms. The smallest absolute Gasteiger partial charge is 0.119 e. The molecule has 0 aromatic heterocycles. The maximum absolute atomic E-state index is 5.69. The lowest BCUT2D eigenvalue weighted by Gasteiger charge is -2.13. The molecule has 0 aliphatic carbocycles. The monoisotopic (exact) mass is 237 g/mol. The summed E-state index contributed by atoms with van der Waals surface area (Å²) in [7, 11) is 1.71. The molecule has 0 saturated heterocycles. The molecule has 1 atom stereocenters. The van der Waals surface area contributed by atoms with E-state index in [1.807, 2.05) is 0 Å². The highest BCUT2D eigenvalue weighted by Gasteiger charge is 2.00. The highest BCUT2D eigenvalue weighted by atomic mass is 16.5. The van der Waals surface area contributed by atoms with Crippen LogP contribution in [0.3, 0.4) is 0 Å². The van der Waals surface area contributed by atoms with Crippen LogP contribution < -0.4 is 10.1 Å². The Balaban J connectivity index is 2.26. The molecule has 0 radical (unpaired) electrons. The lowest BCUT2D eigenvalue weighted by Crippen LogP contribution is -2.33. The molecule has 3 heteroatoms. The summed E-state index contributed by atoms with van der Waals surface area (Å²) in [6, 6.07) is 6.63. The summed E-state index contributed by atoms with van der Waals surface area (Å²) in [4.78, 5) is 0. The molecular weight excluding hydrogens is 214 g/mol. The van der Waals surface area contributed by atoms with Gasteiger partial charge in [-0.3, -0.25) is 0 Å². The fourth-order valence-electron chi connectivity index (χ4n) is 1.80. The van der Waals surface area contributed by atoms with E-state index in [1.165, 1.54) is 11.1 Å². The van der Waals surface area contributed by atoms with E-state index in [4.69, 9.17) is 9.47 Å². The van der Waals surface area contributed by atoms with Gasteiger partial charge < -0.3 is 14.8 Å². The first-order chi connectivity index (χ1) is 8.11. The molecular formula is C14H23NO2. The Morgan fingerprint density at radius 1 is 1.18 bits per heavy atom. The fourth-order valence-corrected chi connectivity index (χ4v) is 1.80. The number of methoxy groups -OCH3 is 1. The molecule has 0 saturated carbocycles. The largest absolute Gasteiger partial charge is 0.492 e. The van der Waals surface area contributed by atoms with Crippen molar-refractivity contribution in [2.24, 2.45) is 0 Å². The van der Waals surface area contributed by atoms with Gasteiger partial charge in [0.1, 0.15) is 12.4 Å². The summed E-state index contributed by atoms with van der Waals surface area (Å²) in [5, 5.41) is 3.33. The van der Waals surface area contributed by atoms with Crippen molar-refractivity contribution in [3.63, 3.8) is 0 Å². The van der Waals surface area contributed by atoms with Gasteiger partial charge in [-0.2, -0.15) is 0 Å². The predicted octanol–water partition coefficient (Wildman–Crippen LogP) is 2.31. The Labute approximate surface area is 104 Å². The van der Waals surface area contributed by atoms with Crippen LogP contribution in [0.1, 0.15) is 18.1 Å². The molecule has 0 aliphatic heterocycles. The van der Waals surface area contributed by atoms with Gasteiger partial charge in [0.05, 0.1) is 6.61 Å². The van der Waals surface area contributed by atoms with Gasteiger partial charge in [0.25, 0.3) is 0 Å². The Morgan fingerprint density at radius 3 is 2.41 bits per heavy atom. The van der Waals surface area contributed by atoms with Crippen LogP contribution in [-0.2, 0) is 4.74 Å². The van der Waals surface area contributed by atoms with Crippen molar-refractivity contribution in [1.29, 1.82) is 0 Å². The first-order valence-corrected chi connectivity index (χ1v) is 6.05. The van der Waals surface area contributed by atoms with Gasteiger partial charge in [-0.1, -0.05) is 6.07 Å². The molecule has 1 rings (SSSR count). The Hall–Kier alpha value is -1.06. The zero-order chi connectivity index (χ0) is 12.7. The predicted molar refractivity (Wildman–Crippen MR) is 70.8 cm³/mol. The van der Waals surface area contributed by atoms with E-state index in [2.05, 4.69) is 44.3 Å². The molecule has 1 aromatic rings. The fraction of sp³-hybridized carbons (Fsp3) is 0.571. The average Bonchev–Trinajstić information content (AvgIpc) is 2.23. The summed E-state index contributed by atoms with van der Waals surface area (Å²) in [5.41, 5.74) is 2.47. The zero-order valence-corrected chi connectivity index (χ0v) is 11.2. The second-order valence-corrected chi connectivity index (χ2v) is 4.48. The SMILES string of the molecule is COCC(C)NCCOc1cc(C)cc(C)c1. The van der Waals surface area contributed by atoms with Crippen molar-refractivity contribution in [2.75, 3.05) is 26.9 Å². The number of hydrogen-bond donors (Lipinski definition) is 1. The standard InChI is InChI=1S/C14H23NO2/c1-11-7-12(2)9-14(8-11)17-6-5-15-13(3)10-16-4/h7-9,13,15H,5-6,10H2,1-4H3. The van der Waals surface area contributed by atoms with Crippen LogP contribution in [0.5, 0.6) is 5.75 Å². The first kappa shape index (κ1) is 14.0. The number of aryl methyl sites for hydroxylation is 2. The van der Waals surface area contributed by atoms with Crippen molar-refractivity contribution >= 4 is 0 Å². The Morgan fingerprint density at radius 2 is 1.82 bits per heavy atom. The van der Waals surface area contributed by atoms with Gasteiger partial charge in [0.15, 0.2) is 0 Å². The van der Waals surface area contributed by atoms with Crippen molar-refractivity contribution in [3.05, 3.63) is 29.3 Å². The lowest BCUT2D eigenvalue weighted by molar-refractivity contribution is 0.169. The van der Waals surface area contributed by atoms with Gasteiger partial charge in [-0.05, 0) is 44.0 Å². The summed E-state index contributed by atoms with van der Waals surface area (Å²) >= 11 is 0. The molecule has 96 valence electrons. The minimum Gasteiger partial charge on any atom is -0.492 e. The van der Waals surface area contributed by atoms with Gasteiger partial charge in [0.2, 0.25) is 0 Å². The molecule has 1 unspecified atom stereocenters. The van der Waals surface area contributed by atoms with E-state index in [0.29, 0.717) is 12.6 Å². The normalized spacial score (nSPS) is 12.5. The third-order valence-corrected chi connectivity index (χ3v) is 2.48. The van der Waals surface area contributed by atoms with Crippen LogP contribution in [-0.4, -0.2) is 32.9 Å². The maximum Gasteiger partial charge on any atom is 0.119 e. The van der Waals surface area contributed by atoms with Gasteiger partial charge in [0, 0.05) is 19.7 Å². The van der Waals surface area contributed by atoms with Crippen molar-refractivity contribution in [3.8, 4) is 5.75 Å². The highest BCUT2D eigenvalue weighted by molar-refractivity contribution is 5.32. The first-order valence-electron chi connectivity index (χ1n) is 6.05. The summed E-state index contributed by atoms with van der Waals surface area (Å²) in [6.45, 7) is 8.50. The lowest BCUT2D eigenvalue weighted by atomic mass is 10.1. The third kappa shape index (κ3) is 5.71. The van der Waals surface area contributed by atoms with Crippen LogP contribution >= 0.6 is 0 Å². The van der Waals surface area contributed by atoms with Crippen LogP contribution in [0.2, 0.25) is 0 Å². The Bertz CT molecular complexity index is 319. The molecule has 0 amide bonds. The Kier molecular flexibility index (Phi) is 6.01. The molecule has 3 nitrogen and oxygen atoms in total. The molecule has 0 spiro atoms. The highest BCUT2D eigenvalue weighted by Crippen LogP contribution is 2.15. The number of ether oxygens (including phenoxy) is 2. The minimum absolute atomic E-state index is 0.364. The van der Waals surface area contributed by atoms with E-state index in [-0.39, 0.29) is 0 Å². The summed E-state index contributed by atoms with van der Waals surface area (Å²) in [5.74, 6) is 0.948. The van der Waals surface area contributed by atoms with Crippen LogP contribution in [0.4, 0.5) is 0 Å². The molecule has 0 fully saturated rings. The van der Waals surface area contributed by atoms with E-state index >= 15 is 0 Å². The molecule has 1 N–H and O–H groups in total. The minimum atomic E-state index is 0.364. The van der Waals surface area contributed by atoms with Crippen molar-refractivity contribution in [1.82, 2.24) is 5.32 Å². The number of rotatable bonds is 7. The topological polar surface area (TPSA) is 30.5 Å². The number of benzene rings is 1. The van der Waals surface area contributed by atoms with Crippen LogP contribution in [0.15, 0.2) is 18.2 Å². The number of nitrogens with one attached hydrogen (secondary N) is 1.